The fraction of sp³-hybridized carbons (Fsp3) is 0.833. The number of nitrogens with zero attached hydrogens (tertiary/aromatic N) is 2. The van der Waals surface area contributed by atoms with Crippen LogP contribution in [-0.2, 0) is 4.74 Å². The summed E-state index contributed by atoms with van der Waals surface area (Å²) in [5.41, 5.74) is -0.548. The molecule has 1 rings (SSSR count). The molecule has 96 valence electrons. The van der Waals surface area contributed by atoms with Crippen molar-refractivity contribution in [3.63, 3.8) is 0 Å². The van der Waals surface area contributed by atoms with E-state index in [-0.39, 0.29) is 6.42 Å². The van der Waals surface area contributed by atoms with E-state index in [9.17, 15) is 9.18 Å². The van der Waals surface area contributed by atoms with Gasteiger partial charge >= 0.3 is 6.09 Å². The smallest absolute Gasteiger partial charge is 0.410 e. The van der Waals surface area contributed by atoms with Crippen LogP contribution >= 0.6 is 0 Å². The van der Waals surface area contributed by atoms with Crippen LogP contribution in [0.1, 0.15) is 33.6 Å². The fourth-order valence-electron chi connectivity index (χ4n) is 1.72. The maximum atomic E-state index is 13.5. The number of ether oxygens (including phenoxy) is 1. The standard InChI is InChI=1S/C12H19FN2O2/c1-12(2,3)17-11(16)15-6-4-9(8-14)10(13)5-7-15/h9-10H,4-7H2,1-3H3/t9-,10-/m1/s1. The van der Waals surface area contributed by atoms with Crippen LogP contribution in [0.25, 0.3) is 0 Å². The van der Waals surface area contributed by atoms with E-state index >= 15 is 0 Å². The quantitative estimate of drug-likeness (QED) is 0.655. The summed E-state index contributed by atoms with van der Waals surface area (Å²) in [5, 5.41) is 8.77. The van der Waals surface area contributed by atoms with E-state index in [1.165, 1.54) is 4.90 Å². The molecule has 4 nitrogen and oxygen atoms in total. The van der Waals surface area contributed by atoms with Crippen LogP contribution in [0.15, 0.2) is 0 Å². The van der Waals surface area contributed by atoms with Crippen molar-refractivity contribution in [2.45, 2.75) is 45.4 Å². The van der Waals surface area contributed by atoms with Crippen molar-refractivity contribution >= 4 is 6.09 Å². The van der Waals surface area contributed by atoms with Crippen LogP contribution in [-0.4, -0.2) is 35.9 Å². The molecule has 1 aliphatic heterocycles. The van der Waals surface area contributed by atoms with E-state index in [2.05, 4.69) is 0 Å². The molecule has 2 atom stereocenters. The minimum Gasteiger partial charge on any atom is -0.444 e. The molecule has 1 amide bonds. The van der Waals surface area contributed by atoms with Crippen LogP contribution < -0.4 is 0 Å². The van der Waals surface area contributed by atoms with Crippen LogP contribution in [0.3, 0.4) is 0 Å². The van der Waals surface area contributed by atoms with Gasteiger partial charge in [0, 0.05) is 13.1 Å². The summed E-state index contributed by atoms with van der Waals surface area (Å²) in [6, 6.07) is 1.95. The second-order valence-corrected chi connectivity index (χ2v) is 5.30. The van der Waals surface area contributed by atoms with Crippen molar-refractivity contribution in [2.24, 2.45) is 5.92 Å². The van der Waals surface area contributed by atoms with E-state index in [0.29, 0.717) is 19.5 Å². The largest absolute Gasteiger partial charge is 0.444 e. The monoisotopic (exact) mass is 242 g/mol. The average Bonchev–Trinajstić information content (AvgIpc) is 2.37. The highest BCUT2D eigenvalue weighted by molar-refractivity contribution is 5.68. The van der Waals surface area contributed by atoms with Crippen molar-refractivity contribution in [3.05, 3.63) is 0 Å². The highest BCUT2D eigenvalue weighted by Gasteiger charge is 2.30. The van der Waals surface area contributed by atoms with E-state index in [4.69, 9.17) is 10.00 Å². The molecule has 0 N–H and O–H groups in total. The Balaban J connectivity index is 2.57. The zero-order chi connectivity index (χ0) is 13.1. The molecule has 0 saturated carbocycles. The summed E-state index contributed by atoms with van der Waals surface area (Å²) in [6.07, 6.45) is -0.996. The molecule has 0 spiro atoms. The lowest BCUT2D eigenvalue weighted by Crippen LogP contribution is -2.37. The number of carbonyl (C=O) groups excluding carboxylic acids is 1. The van der Waals surface area contributed by atoms with Gasteiger partial charge in [0.2, 0.25) is 0 Å². The Morgan fingerprint density at radius 3 is 2.53 bits per heavy atom. The number of amides is 1. The van der Waals surface area contributed by atoms with Crippen molar-refractivity contribution < 1.29 is 13.9 Å². The SMILES string of the molecule is CC(C)(C)OC(=O)N1CC[C@@H](F)[C@@H](C#N)CC1. The molecule has 1 aliphatic rings. The van der Waals surface area contributed by atoms with Gasteiger partial charge in [0.25, 0.3) is 0 Å². The average molecular weight is 242 g/mol. The van der Waals surface area contributed by atoms with Crippen molar-refractivity contribution in [1.82, 2.24) is 4.90 Å². The molecule has 17 heavy (non-hydrogen) atoms. The molecule has 0 unspecified atom stereocenters. The van der Waals surface area contributed by atoms with E-state index in [1.807, 2.05) is 6.07 Å². The summed E-state index contributed by atoms with van der Waals surface area (Å²) in [4.78, 5) is 13.2. The fourth-order valence-corrected chi connectivity index (χ4v) is 1.72. The van der Waals surface area contributed by atoms with Crippen molar-refractivity contribution in [2.75, 3.05) is 13.1 Å². The molecule has 5 heteroatoms. The number of alkyl halides is 1. The number of halogens is 1. The predicted octanol–water partition coefficient (Wildman–Crippen LogP) is 2.50. The van der Waals surface area contributed by atoms with E-state index < -0.39 is 23.8 Å². The molecule has 0 aliphatic carbocycles. The second kappa shape index (κ2) is 5.35. The molecule has 1 heterocycles. The number of hydrogen-bond donors (Lipinski definition) is 0. The first-order valence-corrected chi connectivity index (χ1v) is 5.85. The first kappa shape index (κ1) is 13.8. The van der Waals surface area contributed by atoms with Gasteiger partial charge in [0.15, 0.2) is 0 Å². The molecule has 0 aromatic heterocycles. The highest BCUT2D eigenvalue weighted by atomic mass is 19.1. The number of rotatable bonds is 0. The van der Waals surface area contributed by atoms with Gasteiger partial charge in [-0.1, -0.05) is 0 Å². The molecule has 1 saturated heterocycles. The topological polar surface area (TPSA) is 53.3 Å². The van der Waals surface area contributed by atoms with Gasteiger partial charge in [-0.15, -0.1) is 0 Å². The zero-order valence-electron chi connectivity index (χ0n) is 10.6. The Morgan fingerprint density at radius 1 is 1.41 bits per heavy atom. The van der Waals surface area contributed by atoms with Crippen LogP contribution in [0, 0.1) is 17.2 Å². The first-order chi connectivity index (χ1) is 7.83. The third-order valence-corrected chi connectivity index (χ3v) is 2.64. The summed E-state index contributed by atoms with van der Waals surface area (Å²) < 4.78 is 18.7. The minimum absolute atomic E-state index is 0.206. The lowest BCUT2D eigenvalue weighted by molar-refractivity contribution is 0.0254. The summed E-state index contributed by atoms with van der Waals surface area (Å²) >= 11 is 0. The zero-order valence-corrected chi connectivity index (χ0v) is 10.6. The Kier molecular flexibility index (Phi) is 4.33. The normalized spacial score (nSPS) is 25.9. The number of nitriles is 1. The molecule has 0 radical (unpaired) electrons. The lowest BCUT2D eigenvalue weighted by atomic mass is 10.0. The highest BCUT2D eigenvalue weighted by Crippen LogP contribution is 2.21. The van der Waals surface area contributed by atoms with Crippen LogP contribution in [0.5, 0.6) is 0 Å². The second-order valence-electron chi connectivity index (χ2n) is 5.30. The molecule has 0 bridgehead atoms. The summed E-state index contributed by atoms with van der Waals surface area (Å²) in [5.74, 6) is -0.609. The number of carbonyl (C=O) groups is 1. The van der Waals surface area contributed by atoms with Gasteiger partial charge in [0.05, 0.1) is 12.0 Å². The van der Waals surface area contributed by atoms with Gasteiger partial charge < -0.3 is 9.64 Å². The Morgan fingerprint density at radius 2 is 2.00 bits per heavy atom. The lowest BCUT2D eigenvalue weighted by Gasteiger charge is -2.26. The Bertz CT molecular complexity index is 319. The maximum absolute atomic E-state index is 13.5. The first-order valence-electron chi connectivity index (χ1n) is 5.85. The van der Waals surface area contributed by atoms with Gasteiger partial charge in [-0.05, 0) is 33.6 Å². The van der Waals surface area contributed by atoms with Gasteiger partial charge in [-0.3, -0.25) is 0 Å². The van der Waals surface area contributed by atoms with Gasteiger partial charge in [0.1, 0.15) is 11.8 Å². The molecular weight excluding hydrogens is 223 g/mol. The summed E-state index contributed by atoms with van der Waals surface area (Å²) in [7, 11) is 0. The number of hydrogen-bond acceptors (Lipinski definition) is 3. The van der Waals surface area contributed by atoms with Gasteiger partial charge in [-0.25, -0.2) is 9.18 Å². The van der Waals surface area contributed by atoms with Crippen LogP contribution in [0.4, 0.5) is 9.18 Å². The predicted molar refractivity (Wildman–Crippen MR) is 61.0 cm³/mol. The van der Waals surface area contributed by atoms with E-state index in [1.54, 1.807) is 20.8 Å². The third kappa shape index (κ3) is 4.22. The Labute approximate surface area is 101 Å². The molecular formula is C12H19FN2O2. The van der Waals surface area contributed by atoms with Crippen molar-refractivity contribution in [1.29, 1.82) is 5.26 Å². The number of likely N-dealkylation sites (tertiary alicyclic amines) is 1. The van der Waals surface area contributed by atoms with E-state index in [0.717, 1.165) is 0 Å². The molecule has 0 aromatic rings. The summed E-state index contributed by atoms with van der Waals surface area (Å²) in [6.45, 7) is 6.07. The third-order valence-electron chi connectivity index (χ3n) is 2.64. The minimum atomic E-state index is -1.15. The van der Waals surface area contributed by atoms with Crippen molar-refractivity contribution in [3.8, 4) is 6.07 Å². The molecule has 1 fully saturated rings. The maximum Gasteiger partial charge on any atom is 0.410 e. The van der Waals surface area contributed by atoms with Crippen LogP contribution in [0.2, 0.25) is 0 Å². The Hall–Kier alpha value is -1.31. The molecule has 0 aromatic carbocycles. The van der Waals surface area contributed by atoms with Gasteiger partial charge in [-0.2, -0.15) is 5.26 Å².